The molecule has 0 radical (unpaired) electrons. The van der Waals surface area contributed by atoms with E-state index in [1.165, 1.54) is 30.4 Å². The summed E-state index contributed by atoms with van der Waals surface area (Å²) in [5.74, 6) is 0. The Morgan fingerprint density at radius 1 is 1.19 bits per heavy atom. The van der Waals surface area contributed by atoms with E-state index in [0.29, 0.717) is 12.1 Å². The van der Waals surface area contributed by atoms with Crippen LogP contribution in [0.25, 0.3) is 11.3 Å². The average molecular weight is 284 g/mol. The van der Waals surface area contributed by atoms with Crippen molar-refractivity contribution < 1.29 is 0 Å². The molecule has 2 unspecified atom stereocenters. The lowest BCUT2D eigenvalue weighted by Gasteiger charge is -2.39. The van der Waals surface area contributed by atoms with Gasteiger partial charge in [0.2, 0.25) is 0 Å². The van der Waals surface area contributed by atoms with Crippen LogP contribution in [0.4, 0.5) is 0 Å². The molecule has 0 amide bonds. The molecule has 2 N–H and O–H groups in total. The first kappa shape index (κ1) is 14.3. The van der Waals surface area contributed by atoms with Crippen LogP contribution >= 0.6 is 0 Å². The van der Waals surface area contributed by atoms with Gasteiger partial charge in [0.25, 0.3) is 0 Å². The maximum Gasteiger partial charge on any atom is 0.0695 e. The van der Waals surface area contributed by atoms with E-state index < -0.39 is 0 Å². The molecule has 112 valence electrons. The molecule has 1 fully saturated rings. The molecule has 2 atom stereocenters. The number of rotatable bonds is 4. The van der Waals surface area contributed by atoms with Gasteiger partial charge in [-0.3, -0.25) is 10.5 Å². The first-order valence-corrected chi connectivity index (χ1v) is 7.85. The van der Waals surface area contributed by atoms with E-state index >= 15 is 0 Å². The summed E-state index contributed by atoms with van der Waals surface area (Å²) in [7, 11) is 0. The number of benzene rings is 1. The summed E-state index contributed by atoms with van der Waals surface area (Å²) >= 11 is 0. The van der Waals surface area contributed by atoms with Crippen molar-refractivity contribution in [1.82, 2.24) is 20.6 Å². The third kappa shape index (κ3) is 3.17. The van der Waals surface area contributed by atoms with Gasteiger partial charge in [0.05, 0.1) is 11.9 Å². The van der Waals surface area contributed by atoms with Gasteiger partial charge in [-0.15, -0.1) is 0 Å². The van der Waals surface area contributed by atoms with Gasteiger partial charge in [-0.25, -0.2) is 5.01 Å². The standard InChI is InChI=1S/C17H24N4/c1-13-7-6-8-14(2)21(13)19-12-16-11-18-20-17(16)15-9-4-3-5-10-15/h3-5,9-11,13-14,19H,6-8,12H2,1-2H3,(H,18,20). The largest absolute Gasteiger partial charge is 0.278 e. The highest BCUT2D eigenvalue weighted by molar-refractivity contribution is 5.62. The molecule has 1 aromatic heterocycles. The van der Waals surface area contributed by atoms with Crippen LogP contribution in [0.1, 0.15) is 38.7 Å². The molecule has 4 nitrogen and oxygen atoms in total. The van der Waals surface area contributed by atoms with Gasteiger partial charge in [0.1, 0.15) is 0 Å². The second-order valence-electron chi connectivity index (χ2n) is 6.01. The fraction of sp³-hybridized carbons (Fsp3) is 0.471. The molecular formula is C17H24N4. The molecule has 1 saturated heterocycles. The third-order valence-corrected chi connectivity index (χ3v) is 4.43. The van der Waals surface area contributed by atoms with Crippen LogP contribution in [0.5, 0.6) is 0 Å². The van der Waals surface area contributed by atoms with E-state index in [-0.39, 0.29) is 0 Å². The van der Waals surface area contributed by atoms with Crippen LogP contribution in [0.2, 0.25) is 0 Å². The van der Waals surface area contributed by atoms with Crippen molar-refractivity contribution in [3.63, 3.8) is 0 Å². The Morgan fingerprint density at radius 3 is 2.62 bits per heavy atom. The maximum absolute atomic E-state index is 4.22. The molecule has 1 aliphatic heterocycles. The number of hydrogen-bond acceptors (Lipinski definition) is 3. The summed E-state index contributed by atoms with van der Waals surface area (Å²) in [6, 6.07) is 11.6. The quantitative estimate of drug-likeness (QED) is 0.905. The van der Waals surface area contributed by atoms with Gasteiger partial charge in [-0.05, 0) is 32.3 Å². The fourth-order valence-electron chi connectivity index (χ4n) is 3.21. The zero-order valence-corrected chi connectivity index (χ0v) is 12.8. The van der Waals surface area contributed by atoms with Crippen molar-refractivity contribution in [3.05, 3.63) is 42.1 Å². The normalized spacial score (nSPS) is 23.3. The van der Waals surface area contributed by atoms with Crippen molar-refractivity contribution >= 4 is 0 Å². The Morgan fingerprint density at radius 2 is 1.90 bits per heavy atom. The number of hydrogen-bond donors (Lipinski definition) is 2. The molecule has 0 aliphatic carbocycles. The van der Waals surface area contributed by atoms with E-state index in [0.717, 1.165) is 12.2 Å². The number of aromatic nitrogens is 2. The molecule has 2 heterocycles. The number of aromatic amines is 1. The molecular weight excluding hydrogens is 260 g/mol. The highest BCUT2D eigenvalue weighted by Gasteiger charge is 2.24. The average Bonchev–Trinajstić information content (AvgIpc) is 2.96. The van der Waals surface area contributed by atoms with Crippen molar-refractivity contribution in [3.8, 4) is 11.3 Å². The molecule has 3 rings (SSSR count). The summed E-state index contributed by atoms with van der Waals surface area (Å²) in [5.41, 5.74) is 7.12. The number of nitrogens with zero attached hydrogens (tertiary/aromatic N) is 2. The molecule has 4 heteroatoms. The van der Waals surface area contributed by atoms with Gasteiger partial charge >= 0.3 is 0 Å². The number of H-pyrrole nitrogens is 1. The highest BCUT2D eigenvalue weighted by atomic mass is 15.5. The number of nitrogens with one attached hydrogen (secondary N) is 2. The van der Waals surface area contributed by atoms with Crippen molar-refractivity contribution in [2.45, 2.75) is 51.7 Å². The predicted molar refractivity (Wildman–Crippen MR) is 85.5 cm³/mol. The highest BCUT2D eigenvalue weighted by Crippen LogP contribution is 2.23. The van der Waals surface area contributed by atoms with Gasteiger partial charge in [-0.1, -0.05) is 36.8 Å². The zero-order valence-electron chi connectivity index (χ0n) is 12.8. The minimum atomic E-state index is 0.598. The molecule has 0 bridgehead atoms. The van der Waals surface area contributed by atoms with Crippen LogP contribution < -0.4 is 5.43 Å². The van der Waals surface area contributed by atoms with Gasteiger partial charge in [0, 0.05) is 24.2 Å². The smallest absolute Gasteiger partial charge is 0.0695 e. The van der Waals surface area contributed by atoms with Crippen molar-refractivity contribution in [1.29, 1.82) is 0 Å². The summed E-state index contributed by atoms with van der Waals surface area (Å²) in [6.45, 7) is 5.42. The first-order chi connectivity index (χ1) is 10.3. The van der Waals surface area contributed by atoms with Crippen LogP contribution in [0, 0.1) is 0 Å². The van der Waals surface area contributed by atoms with E-state index in [2.05, 4.69) is 58.7 Å². The van der Waals surface area contributed by atoms with Gasteiger partial charge < -0.3 is 0 Å². The lowest BCUT2D eigenvalue weighted by molar-refractivity contribution is 0.0436. The Labute approximate surface area is 126 Å². The minimum Gasteiger partial charge on any atom is -0.278 e. The lowest BCUT2D eigenvalue weighted by Crippen LogP contribution is -2.51. The van der Waals surface area contributed by atoms with Gasteiger partial charge in [0.15, 0.2) is 0 Å². The lowest BCUT2D eigenvalue weighted by atomic mass is 10.00. The molecule has 1 aliphatic rings. The number of hydrazine groups is 1. The SMILES string of the molecule is CC1CCCC(C)N1NCc1cn[nH]c1-c1ccccc1. The van der Waals surface area contributed by atoms with Gasteiger partial charge in [-0.2, -0.15) is 5.10 Å². The van der Waals surface area contributed by atoms with Crippen LogP contribution in [0.3, 0.4) is 0 Å². The van der Waals surface area contributed by atoms with Crippen molar-refractivity contribution in [2.24, 2.45) is 0 Å². The van der Waals surface area contributed by atoms with Crippen LogP contribution in [-0.2, 0) is 6.54 Å². The monoisotopic (exact) mass is 284 g/mol. The Bertz CT molecular complexity index is 553. The fourth-order valence-corrected chi connectivity index (χ4v) is 3.21. The Kier molecular flexibility index (Phi) is 4.36. The Hall–Kier alpha value is -1.65. The van der Waals surface area contributed by atoms with E-state index in [1.807, 2.05) is 12.3 Å². The first-order valence-electron chi connectivity index (χ1n) is 7.85. The topological polar surface area (TPSA) is 44.0 Å². The van der Waals surface area contributed by atoms with Crippen molar-refractivity contribution in [2.75, 3.05) is 0 Å². The van der Waals surface area contributed by atoms with Crippen LogP contribution in [0.15, 0.2) is 36.5 Å². The maximum atomic E-state index is 4.22. The molecule has 0 saturated carbocycles. The summed E-state index contributed by atoms with van der Waals surface area (Å²) in [4.78, 5) is 0. The van der Waals surface area contributed by atoms with E-state index in [1.54, 1.807) is 0 Å². The van der Waals surface area contributed by atoms with Crippen LogP contribution in [-0.4, -0.2) is 27.3 Å². The summed E-state index contributed by atoms with van der Waals surface area (Å²) in [5, 5.41) is 9.75. The minimum absolute atomic E-state index is 0.598. The molecule has 1 aromatic carbocycles. The molecule has 2 aromatic rings. The summed E-state index contributed by atoms with van der Waals surface area (Å²) in [6.07, 6.45) is 5.80. The second-order valence-corrected chi connectivity index (χ2v) is 6.01. The molecule has 21 heavy (non-hydrogen) atoms. The third-order valence-electron chi connectivity index (χ3n) is 4.43. The second kappa shape index (κ2) is 6.41. The van der Waals surface area contributed by atoms with E-state index in [9.17, 15) is 0 Å². The van der Waals surface area contributed by atoms with E-state index in [4.69, 9.17) is 0 Å². The zero-order chi connectivity index (χ0) is 14.7. The predicted octanol–water partition coefficient (Wildman–Crippen LogP) is 3.34. The Balaban J connectivity index is 1.70. The summed E-state index contributed by atoms with van der Waals surface area (Å²) < 4.78 is 0. The number of piperidine rings is 1. The molecule has 0 spiro atoms.